The summed E-state index contributed by atoms with van der Waals surface area (Å²) in [5.74, 6) is 0. The number of nitrogens with one attached hydrogen (secondary N) is 2. The number of urea groups is 1. The Morgan fingerprint density at radius 2 is 1.57 bits per heavy atom. The van der Waals surface area contributed by atoms with Crippen LogP contribution in [0.2, 0.25) is 0 Å². The molecule has 2 aromatic rings. The number of hydrogen-bond donors (Lipinski definition) is 5. The molecule has 0 atom stereocenters. The Kier molecular flexibility index (Phi) is 5.98. The minimum Gasteiger partial charge on any atom is -0.388 e. The Bertz CT molecular complexity index is 1160. The van der Waals surface area contributed by atoms with Crippen molar-refractivity contribution >= 4 is 49.0 Å². The van der Waals surface area contributed by atoms with Crippen LogP contribution in [0, 0.1) is 0 Å². The first-order valence-electron chi connectivity index (χ1n) is 7.31. The number of nitrogens with zero attached hydrogens (tertiary/aromatic N) is 2. The van der Waals surface area contributed by atoms with Crippen LogP contribution in [-0.4, -0.2) is 39.0 Å². The molecular weight excluding hydrogens is 414 g/mol. The summed E-state index contributed by atoms with van der Waals surface area (Å²) < 4.78 is 63.8. The molecule has 0 aliphatic carbocycles. The van der Waals surface area contributed by atoms with Crippen molar-refractivity contribution in [2.75, 3.05) is 17.7 Å². The molecule has 0 saturated heterocycles. The number of benzene rings is 2. The Hall–Kier alpha value is -3.07. The van der Waals surface area contributed by atoms with Gasteiger partial charge in [0.05, 0.1) is 10.6 Å². The highest BCUT2D eigenvalue weighted by Gasteiger charge is 2.20. The van der Waals surface area contributed by atoms with E-state index in [1.54, 1.807) is 13.1 Å². The SMILES string of the molecule is CNc1ccc(N=Nc2ccc(S(=O)(=O)O)cc2S(=O)(=O)O)c(NC(N)=O)c1. The Morgan fingerprint density at radius 1 is 0.964 bits per heavy atom. The van der Waals surface area contributed by atoms with E-state index in [-0.39, 0.29) is 11.4 Å². The third-order valence-corrected chi connectivity index (χ3v) is 5.05. The zero-order chi connectivity index (χ0) is 21.1. The maximum Gasteiger partial charge on any atom is 0.316 e. The number of carbonyl (C=O) groups is 1. The van der Waals surface area contributed by atoms with E-state index in [2.05, 4.69) is 20.9 Å². The number of carbonyl (C=O) groups excluding carboxylic acids is 1. The predicted molar refractivity (Wildman–Crippen MR) is 99.4 cm³/mol. The van der Waals surface area contributed by atoms with Gasteiger partial charge in [-0.25, -0.2) is 4.79 Å². The largest absolute Gasteiger partial charge is 0.388 e. The molecule has 6 N–H and O–H groups in total. The quantitative estimate of drug-likeness (QED) is 0.339. The number of primary amides is 1. The lowest BCUT2D eigenvalue weighted by atomic mass is 10.2. The zero-order valence-electron chi connectivity index (χ0n) is 14.2. The summed E-state index contributed by atoms with van der Waals surface area (Å²) in [5, 5.41) is 12.7. The molecule has 12 nitrogen and oxygen atoms in total. The molecule has 0 saturated carbocycles. The van der Waals surface area contributed by atoms with E-state index >= 15 is 0 Å². The van der Waals surface area contributed by atoms with Gasteiger partial charge >= 0.3 is 6.03 Å². The monoisotopic (exact) mass is 429 g/mol. The number of nitrogens with two attached hydrogens (primary N) is 1. The molecule has 2 aromatic carbocycles. The summed E-state index contributed by atoms with van der Waals surface area (Å²) in [6.45, 7) is 0. The van der Waals surface area contributed by atoms with Gasteiger partial charge in [0.2, 0.25) is 0 Å². The molecule has 2 amide bonds. The van der Waals surface area contributed by atoms with Crippen molar-refractivity contribution in [3.05, 3.63) is 36.4 Å². The normalized spacial score (nSPS) is 12.1. The fraction of sp³-hybridized carbons (Fsp3) is 0.0714. The van der Waals surface area contributed by atoms with Crippen molar-refractivity contribution < 1.29 is 30.7 Å². The van der Waals surface area contributed by atoms with Gasteiger partial charge in [-0.2, -0.15) is 16.8 Å². The maximum absolute atomic E-state index is 11.5. The van der Waals surface area contributed by atoms with E-state index in [1.807, 2.05) is 0 Å². The lowest BCUT2D eigenvalue weighted by Crippen LogP contribution is -2.19. The van der Waals surface area contributed by atoms with E-state index < -0.39 is 41.7 Å². The Labute approximate surface area is 160 Å². The van der Waals surface area contributed by atoms with E-state index in [0.717, 1.165) is 12.1 Å². The lowest BCUT2D eigenvalue weighted by molar-refractivity contribution is 0.259. The Morgan fingerprint density at radius 3 is 2.11 bits per heavy atom. The van der Waals surface area contributed by atoms with Gasteiger partial charge in [-0.05, 0) is 36.4 Å². The molecule has 0 aliphatic heterocycles. The summed E-state index contributed by atoms with van der Waals surface area (Å²) in [6.07, 6.45) is 0. The van der Waals surface area contributed by atoms with Gasteiger partial charge < -0.3 is 16.4 Å². The molecule has 28 heavy (non-hydrogen) atoms. The molecule has 2 rings (SSSR count). The molecular formula is C14H15N5O7S2. The minimum absolute atomic E-state index is 0.0953. The molecule has 0 radical (unpaired) electrons. The van der Waals surface area contributed by atoms with Gasteiger partial charge in [0.25, 0.3) is 20.2 Å². The van der Waals surface area contributed by atoms with Crippen LogP contribution in [0.5, 0.6) is 0 Å². The summed E-state index contributed by atoms with van der Waals surface area (Å²) in [6, 6.07) is 5.99. The standard InChI is InChI=1S/C14H15N5O7S2/c1-16-8-2-4-10(12(6-8)17-14(15)20)18-19-11-5-3-9(27(21,22)23)7-13(11)28(24,25)26/h2-7,16H,1H3,(H3,15,17,20)(H,21,22,23)(H,24,25,26). The predicted octanol–water partition coefficient (Wildman–Crippen LogP) is 2.13. The van der Waals surface area contributed by atoms with E-state index in [4.69, 9.17) is 10.3 Å². The molecule has 0 spiro atoms. The van der Waals surface area contributed by atoms with Crippen molar-refractivity contribution in [2.45, 2.75) is 9.79 Å². The third-order valence-electron chi connectivity index (χ3n) is 3.32. The Balaban J connectivity index is 2.56. The third kappa shape index (κ3) is 5.23. The smallest absolute Gasteiger partial charge is 0.316 e. The second-order valence-electron chi connectivity index (χ2n) is 5.25. The van der Waals surface area contributed by atoms with Crippen LogP contribution < -0.4 is 16.4 Å². The van der Waals surface area contributed by atoms with Crippen LogP contribution in [0.25, 0.3) is 0 Å². The number of azo groups is 1. The van der Waals surface area contributed by atoms with E-state index in [1.165, 1.54) is 12.1 Å². The molecule has 14 heteroatoms. The van der Waals surface area contributed by atoms with Gasteiger partial charge in [0.1, 0.15) is 16.3 Å². The van der Waals surface area contributed by atoms with Crippen molar-refractivity contribution in [1.82, 2.24) is 0 Å². The first-order chi connectivity index (χ1) is 12.9. The first-order valence-corrected chi connectivity index (χ1v) is 10.2. The maximum atomic E-state index is 11.5. The second kappa shape index (κ2) is 7.89. The molecule has 0 unspecified atom stereocenters. The highest BCUT2D eigenvalue weighted by molar-refractivity contribution is 7.86. The van der Waals surface area contributed by atoms with Gasteiger partial charge in [0, 0.05) is 12.7 Å². The summed E-state index contributed by atoms with van der Waals surface area (Å²) >= 11 is 0. The van der Waals surface area contributed by atoms with Crippen molar-refractivity contribution in [1.29, 1.82) is 0 Å². The molecule has 0 fully saturated rings. The lowest BCUT2D eigenvalue weighted by Gasteiger charge is -2.08. The number of hydrogen-bond acceptors (Lipinski definition) is 8. The van der Waals surface area contributed by atoms with Crippen molar-refractivity contribution in [3.63, 3.8) is 0 Å². The molecule has 0 aliphatic rings. The molecule has 150 valence electrons. The van der Waals surface area contributed by atoms with E-state index in [0.29, 0.717) is 11.8 Å². The first kappa shape index (κ1) is 21.2. The van der Waals surface area contributed by atoms with Crippen LogP contribution in [-0.2, 0) is 20.2 Å². The van der Waals surface area contributed by atoms with Crippen LogP contribution in [0.1, 0.15) is 0 Å². The number of anilines is 2. The molecule has 0 aromatic heterocycles. The zero-order valence-corrected chi connectivity index (χ0v) is 15.8. The summed E-state index contributed by atoms with van der Waals surface area (Å²) in [4.78, 5) is 9.49. The van der Waals surface area contributed by atoms with Crippen LogP contribution >= 0.6 is 0 Å². The highest BCUT2D eigenvalue weighted by Crippen LogP contribution is 2.32. The number of amides is 2. The number of rotatable bonds is 6. The fourth-order valence-electron chi connectivity index (χ4n) is 2.06. The fourth-order valence-corrected chi connectivity index (χ4v) is 3.29. The average Bonchev–Trinajstić information content (AvgIpc) is 2.58. The van der Waals surface area contributed by atoms with Crippen molar-refractivity contribution in [2.24, 2.45) is 16.0 Å². The van der Waals surface area contributed by atoms with Crippen LogP contribution in [0.3, 0.4) is 0 Å². The summed E-state index contributed by atoms with van der Waals surface area (Å²) in [5.41, 5.74) is 5.55. The van der Waals surface area contributed by atoms with Gasteiger partial charge in [0.15, 0.2) is 0 Å². The second-order valence-corrected chi connectivity index (χ2v) is 8.06. The summed E-state index contributed by atoms with van der Waals surface area (Å²) in [7, 11) is -7.96. The van der Waals surface area contributed by atoms with Crippen LogP contribution in [0.4, 0.5) is 27.5 Å². The van der Waals surface area contributed by atoms with Gasteiger partial charge in [-0.15, -0.1) is 10.2 Å². The minimum atomic E-state index is -4.89. The van der Waals surface area contributed by atoms with Crippen molar-refractivity contribution in [3.8, 4) is 0 Å². The van der Waals surface area contributed by atoms with Crippen LogP contribution in [0.15, 0.2) is 56.4 Å². The van der Waals surface area contributed by atoms with Gasteiger partial charge in [-0.3, -0.25) is 9.11 Å². The molecule has 0 heterocycles. The average molecular weight is 429 g/mol. The topological polar surface area (TPSA) is 201 Å². The highest BCUT2D eigenvalue weighted by atomic mass is 32.2. The van der Waals surface area contributed by atoms with E-state index in [9.17, 15) is 26.2 Å². The molecule has 0 bridgehead atoms. The van der Waals surface area contributed by atoms with Gasteiger partial charge in [-0.1, -0.05) is 0 Å².